The summed E-state index contributed by atoms with van der Waals surface area (Å²) in [5.41, 5.74) is 5.72. The lowest BCUT2D eigenvalue weighted by atomic mass is 9.77. The van der Waals surface area contributed by atoms with Crippen LogP contribution in [0.1, 0.15) is 43.0 Å². The molecule has 0 aliphatic carbocycles. The normalized spacial score (nSPS) is 15.7. The van der Waals surface area contributed by atoms with E-state index in [1.807, 2.05) is 30.3 Å². The number of amides is 1. The molecule has 0 radical (unpaired) electrons. The average molecular weight is 369 g/mol. The lowest BCUT2D eigenvalue weighted by Gasteiger charge is -2.35. The molecular formula is C22H25ClN2O. The molecular weight excluding hydrogens is 344 g/mol. The van der Waals surface area contributed by atoms with E-state index < -0.39 is 0 Å². The van der Waals surface area contributed by atoms with Gasteiger partial charge in [0.2, 0.25) is 5.91 Å². The number of fused-ring (bicyclic) bond motifs is 1. The summed E-state index contributed by atoms with van der Waals surface area (Å²) in [5, 5.41) is 7.16. The highest BCUT2D eigenvalue weighted by Crippen LogP contribution is 2.35. The summed E-state index contributed by atoms with van der Waals surface area (Å²) in [6, 6.07) is 11.7. The molecule has 0 saturated carbocycles. The van der Waals surface area contributed by atoms with Gasteiger partial charge in [0.15, 0.2) is 0 Å². The van der Waals surface area contributed by atoms with Gasteiger partial charge in [0.05, 0.1) is 0 Å². The van der Waals surface area contributed by atoms with Crippen molar-refractivity contribution in [1.82, 2.24) is 5.32 Å². The Balaban J connectivity index is 1.84. The molecule has 3 rings (SSSR count). The summed E-state index contributed by atoms with van der Waals surface area (Å²) in [6.07, 6.45) is 4.15. The Kier molecular flexibility index (Phi) is 5.49. The lowest BCUT2D eigenvalue weighted by Crippen LogP contribution is -2.39. The quantitative estimate of drug-likeness (QED) is 0.751. The van der Waals surface area contributed by atoms with Gasteiger partial charge in [0, 0.05) is 35.3 Å². The molecule has 4 heteroatoms. The summed E-state index contributed by atoms with van der Waals surface area (Å²) in [4.78, 5) is 12.4. The molecule has 0 atom stereocenters. The van der Waals surface area contributed by atoms with E-state index in [1.165, 1.54) is 22.8 Å². The van der Waals surface area contributed by atoms with Crippen LogP contribution in [-0.2, 0) is 23.2 Å². The van der Waals surface area contributed by atoms with Crippen LogP contribution < -0.4 is 10.6 Å². The van der Waals surface area contributed by atoms with Crippen molar-refractivity contribution >= 4 is 29.3 Å². The Bertz CT molecular complexity index is 855. The van der Waals surface area contributed by atoms with Crippen molar-refractivity contribution in [2.45, 2.75) is 39.2 Å². The highest BCUT2D eigenvalue weighted by atomic mass is 35.5. The molecule has 0 spiro atoms. The molecule has 0 fully saturated rings. The third-order valence-corrected chi connectivity index (χ3v) is 5.30. The maximum atomic E-state index is 12.4. The molecule has 0 saturated heterocycles. The van der Waals surface area contributed by atoms with E-state index in [4.69, 9.17) is 11.6 Å². The van der Waals surface area contributed by atoms with Crippen molar-refractivity contribution in [2.24, 2.45) is 0 Å². The Hall–Kier alpha value is -2.10. The van der Waals surface area contributed by atoms with Gasteiger partial charge in [0.25, 0.3) is 0 Å². The first-order valence-corrected chi connectivity index (χ1v) is 9.39. The highest BCUT2D eigenvalue weighted by Gasteiger charge is 2.29. The number of rotatable bonds is 4. The van der Waals surface area contributed by atoms with Crippen LogP contribution in [-0.4, -0.2) is 12.5 Å². The van der Waals surface area contributed by atoms with Crippen molar-refractivity contribution in [3.05, 3.63) is 69.8 Å². The highest BCUT2D eigenvalue weighted by molar-refractivity contribution is 6.32. The first kappa shape index (κ1) is 18.7. The zero-order valence-electron chi connectivity index (χ0n) is 15.5. The van der Waals surface area contributed by atoms with E-state index in [0.717, 1.165) is 30.8 Å². The number of nitrogens with one attached hydrogen (secondary N) is 2. The molecule has 0 aromatic heterocycles. The fourth-order valence-corrected chi connectivity index (χ4v) is 3.79. The second-order valence-corrected chi connectivity index (χ2v) is 7.71. The van der Waals surface area contributed by atoms with Crippen molar-refractivity contribution in [2.75, 3.05) is 11.9 Å². The second kappa shape index (κ2) is 7.65. The number of hydrogen-bond donors (Lipinski definition) is 2. The predicted octanol–water partition coefficient (Wildman–Crippen LogP) is 4.94. The van der Waals surface area contributed by atoms with Crippen LogP contribution in [0.4, 0.5) is 5.69 Å². The van der Waals surface area contributed by atoms with E-state index in [-0.39, 0.29) is 11.3 Å². The van der Waals surface area contributed by atoms with E-state index in [9.17, 15) is 4.79 Å². The summed E-state index contributed by atoms with van der Waals surface area (Å²) < 4.78 is 0. The first-order chi connectivity index (χ1) is 12.4. The Morgan fingerprint density at radius 3 is 2.77 bits per heavy atom. The van der Waals surface area contributed by atoms with E-state index in [0.29, 0.717) is 5.02 Å². The van der Waals surface area contributed by atoms with Crippen LogP contribution in [0, 0.1) is 0 Å². The molecule has 1 amide bonds. The van der Waals surface area contributed by atoms with Gasteiger partial charge < -0.3 is 10.6 Å². The average Bonchev–Trinajstić information content (AvgIpc) is 2.60. The number of carbonyl (C=O) groups excluding carboxylic acids is 1. The molecule has 1 heterocycles. The van der Waals surface area contributed by atoms with Crippen molar-refractivity contribution in [3.8, 4) is 0 Å². The molecule has 3 nitrogen and oxygen atoms in total. The van der Waals surface area contributed by atoms with Crippen molar-refractivity contribution in [3.63, 3.8) is 0 Å². The van der Waals surface area contributed by atoms with Gasteiger partial charge in [-0.2, -0.15) is 0 Å². The summed E-state index contributed by atoms with van der Waals surface area (Å²) >= 11 is 6.13. The maximum Gasteiger partial charge on any atom is 0.248 e. The fourth-order valence-electron chi connectivity index (χ4n) is 3.60. The molecule has 2 aromatic rings. The topological polar surface area (TPSA) is 41.1 Å². The molecule has 26 heavy (non-hydrogen) atoms. The Morgan fingerprint density at radius 1 is 1.27 bits per heavy atom. The fraction of sp³-hybridized carbons (Fsp3) is 0.318. The van der Waals surface area contributed by atoms with E-state index >= 15 is 0 Å². The number of benzene rings is 2. The second-order valence-electron chi connectivity index (χ2n) is 7.30. The molecule has 2 N–H and O–H groups in total. The van der Waals surface area contributed by atoms with Crippen LogP contribution >= 0.6 is 11.6 Å². The van der Waals surface area contributed by atoms with Gasteiger partial charge in [-0.15, -0.1) is 0 Å². The van der Waals surface area contributed by atoms with E-state index in [1.54, 1.807) is 6.08 Å². The molecule has 1 aliphatic heterocycles. The standard InChI is InChI=1S/C22H25ClN2O/c1-4-16-17-13-24-14-22(2,3)18(17)10-11-20(16)25-21(26)12-9-15-7-5-6-8-19(15)23/h5-12,24H,4,13-14H2,1-3H3,(H,25,26)/b12-9+. The van der Waals surface area contributed by atoms with Crippen LogP contribution in [0.2, 0.25) is 5.02 Å². The minimum absolute atomic E-state index is 0.101. The minimum atomic E-state index is -0.150. The third-order valence-electron chi connectivity index (χ3n) is 4.96. The number of anilines is 1. The number of carbonyl (C=O) groups is 1. The zero-order valence-corrected chi connectivity index (χ0v) is 16.3. The molecule has 0 unspecified atom stereocenters. The minimum Gasteiger partial charge on any atom is -0.322 e. The van der Waals surface area contributed by atoms with Crippen molar-refractivity contribution < 1.29 is 4.79 Å². The predicted molar refractivity (Wildman–Crippen MR) is 110 cm³/mol. The summed E-state index contributed by atoms with van der Waals surface area (Å²) in [6.45, 7) is 8.45. The lowest BCUT2D eigenvalue weighted by molar-refractivity contribution is -0.111. The van der Waals surface area contributed by atoms with Crippen LogP contribution in [0.25, 0.3) is 6.08 Å². The Labute approximate surface area is 160 Å². The van der Waals surface area contributed by atoms with Gasteiger partial charge in [0.1, 0.15) is 0 Å². The number of halogens is 1. The molecule has 2 aromatic carbocycles. The van der Waals surface area contributed by atoms with Gasteiger partial charge >= 0.3 is 0 Å². The van der Waals surface area contributed by atoms with Crippen LogP contribution in [0.15, 0.2) is 42.5 Å². The summed E-state index contributed by atoms with van der Waals surface area (Å²) in [5.74, 6) is -0.150. The Morgan fingerprint density at radius 2 is 2.04 bits per heavy atom. The van der Waals surface area contributed by atoms with Gasteiger partial charge in [-0.3, -0.25) is 4.79 Å². The maximum absolute atomic E-state index is 12.4. The summed E-state index contributed by atoms with van der Waals surface area (Å²) in [7, 11) is 0. The first-order valence-electron chi connectivity index (χ1n) is 9.02. The van der Waals surface area contributed by atoms with Crippen LogP contribution in [0.3, 0.4) is 0 Å². The van der Waals surface area contributed by atoms with Crippen molar-refractivity contribution in [1.29, 1.82) is 0 Å². The monoisotopic (exact) mass is 368 g/mol. The van der Waals surface area contributed by atoms with Gasteiger partial charge in [-0.25, -0.2) is 0 Å². The molecule has 0 bridgehead atoms. The van der Waals surface area contributed by atoms with Crippen LogP contribution in [0.5, 0.6) is 0 Å². The third kappa shape index (κ3) is 3.84. The SMILES string of the molecule is CCc1c(NC(=O)/C=C/c2ccccc2Cl)ccc2c1CNCC2(C)C. The van der Waals surface area contributed by atoms with E-state index in [2.05, 4.69) is 37.5 Å². The van der Waals surface area contributed by atoms with Gasteiger partial charge in [-0.1, -0.05) is 56.6 Å². The van der Waals surface area contributed by atoms with Gasteiger partial charge in [-0.05, 0) is 46.9 Å². The number of hydrogen-bond acceptors (Lipinski definition) is 2. The molecule has 1 aliphatic rings. The smallest absolute Gasteiger partial charge is 0.248 e. The largest absolute Gasteiger partial charge is 0.322 e. The zero-order chi connectivity index (χ0) is 18.7. The molecule has 136 valence electrons.